The number of aliphatic carboxylic acids is 1. The lowest BCUT2D eigenvalue weighted by molar-refractivity contribution is -0.141. The van der Waals surface area contributed by atoms with E-state index in [9.17, 15) is 9.59 Å². The summed E-state index contributed by atoms with van der Waals surface area (Å²) in [6.07, 6.45) is 37.9. The first kappa shape index (κ1) is 36.1. The number of esters is 1. The predicted octanol–water partition coefficient (Wildman–Crippen LogP) is 9.91. The minimum absolute atomic E-state index is 0.167. The standard InChI is InChI=1S/2C16H28O2/c1-3-4-5-6-7-8-9-10-11-12-13-14-15-18-16(2)17;1-2-3-4-5-6-7-8-9-10-11-12-13-14-15-16(17)18/h3-4,6-7H,5,8-15H2,1-2H3;2-3,5-6H,4,7-15H2,1H3,(H,17,18)/b4-3?,7-6-;3-2?,6-5-. The van der Waals surface area contributed by atoms with Crippen LogP contribution in [0.3, 0.4) is 0 Å². The summed E-state index contributed by atoms with van der Waals surface area (Å²) in [7, 11) is 0. The van der Waals surface area contributed by atoms with Gasteiger partial charge in [-0.3, -0.25) is 9.59 Å². The molecular weight excluding hydrogens is 448 g/mol. The van der Waals surface area contributed by atoms with Gasteiger partial charge in [0, 0.05) is 13.3 Å². The van der Waals surface area contributed by atoms with Gasteiger partial charge in [0.1, 0.15) is 0 Å². The molecule has 1 N–H and O–H groups in total. The smallest absolute Gasteiger partial charge is 0.303 e. The molecular formula is C32H56O4. The van der Waals surface area contributed by atoms with E-state index in [-0.39, 0.29) is 5.97 Å². The zero-order chi connectivity index (χ0) is 27.0. The monoisotopic (exact) mass is 504 g/mol. The quantitative estimate of drug-likeness (QED) is 0.0854. The summed E-state index contributed by atoms with van der Waals surface area (Å²) in [5.41, 5.74) is 0. The van der Waals surface area contributed by atoms with Gasteiger partial charge in [-0.15, -0.1) is 0 Å². The van der Waals surface area contributed by atoms with E-state index in [4.69, 9.17) is 9.84 Å². The molecule has 0 aliphatic heterocycles. The van der Waals surface area contributed by atoms with Gasteiger partial charge in [-0.1, -0.05) is 106 Å². The third-order valence-corrected chi connectivity index (χ3v) is 5.68. The van der Waals surface area contributed by atoms with E-state index in [1.54, 1.807) is 0 Å². The lowest BCUT2D eigenvalue weighted by Crippen LogP contribution is -1.99. The van der Waals surface area contributed by atoms with Crippen molar-refractivity contribution >= 4 is 11.9 Å². The third kappa shape index (κ3) is 39.1. The normalized spacial score (nSPS) is 11.5. The number of ether oxygens (including phenoxy) is 1. The first-order valence-electron chi connectivity index (χ1n) is 14.4. The number of unbranched alkanes of at least 4 members (excludes halogenated alkanes) is 13. The summed E-state index contributed by atoms with van der Waals surface area (Å²) >= 11 is 0. The van der Waals surface area contributed by atoms with Crippen molar-refractivity contribution in [1.82, 2.24) is 0 Å². The summed E-state index contributed by atoms with van der Waals surface area (Å²) in [4.78, 5) is 20.8. The highest BCUT2D eigenvalue weighted by Crippen LogP contribution is 2.10. The van der Waals surface area contributed by atoms with Crippen molar-refractivity contribution < 1.29 is 19.4 Å². The van der Waals surface area contributed by atoms with Crippen LogP contribution in [0.2, 0.25) is 0 Å². The zero-order valence-electron chi connectivity index (χ0n) is 23.7. The number of carbonyl (C=O) groups excluding carboxylic acids is 1. The predicted molar refractivity (Wildman–Crippen MR) is 155 cm³/mol. The topological polar surface area (TPSA) is 63.6 Å². The fourth-order valence-electron chi connectivity index (χ4n) is 3.57. The molecule has 0 saturated carbocycles. The number of hydrogen-bond donors (Lipinski definition) is 1. The van der Waals surface area contributed by atoms with Gasteiger partial charge in [0.15, 0.2) is 0 Å². The molecule has 0 fully saturated rings. The molecule has 0 aliphatic rings. The van der Waals surface area contributed by atoms with E-state index in [1.807, 2.05) is 6.92 Å². The van der Waals surface area contributed by atoms with Crippen molar-refractivity contribution in [3.05, 3.63) is 48.6 Å². The van der Waals surface area contributed by atoms with E-state index < -0.39 is 5.97 Å². The summed E-state index contributed by atoms with van der Waals surface area (Å²) in [6.45, 7) is 6.15. The Morgan fingerprint density at radius 1 is 0.583 bits per heavy atom. The lowest BCUT2D eigenvalue weighted by atomic mass is 10.1. The first-order valence-corrected chi connectivity index (χ1v) is 14.4. The molecule has 0 aromatic heterocycles. The summed E-state index contributed by atoms with van der Waals surface area (Å²) in [5.74, 6) is -0.834. The largest absolute Gasteiger partial charge is 0.481 e. The van der Waals surface area contributed by atoms with Gasteiger partial charge in [-0.05, 0) is 65.2 Å². The van der Waals surface area contributed by atoms with Crippen LogP contribution in [-0.2, 0) is 14.3 Å². The maximum absolute atomic E-state index is 10.5. The molecule has 0 radical (unpaired) electrons. The van der Waals surface area contributed by atoms with Crippen molar-refractivity contribution in [3.63, 3.8) is 0 Å². The van der Waals surface area contributed by atoms with Crippen molar-refractivity contribution in [2.75, 3.05) is 6.61 Å². The minimum atomic E-state index is -0.667. The molecule has 0 aliphatic carbocycles. The highest BCUT2D eigenvalue weighted by Gasteiger charge is 1.96. The Kier molecular flexibility index (Phi) is 33.0. The van der Waals surface area contributed by atoms with Crippen LogP contribution in [-0.4, -0.2) is 23.7 Å². The highest BCUT2D eigenvalue weighted by atomic mass is 16.5. The van der Waals surface area contributed by atoms with E-state index >= 15 is 0 Å². The SMILES string of the molecule is CC=CC/C=C\CCCCCCCCCC(=O)O.CC=CC/C=C\CCCCCCCCOC(C)=O. The van der Waals surface area contributed by atoms with Gasteiger partial charge in [0.25, 0.3) is 0 Å². The van der Waals surface area contributed by atoms with E-state index in [0.717, 1.165) is 32.1 Å². The fourth-order valence-corrected chi connectivity index (χ4v) is 3.57. The Balaban J connectivity index is 0. The molecule has 0 spiro atoms. The molecule has 36 heavy (non-hydrogen) atoms. The van der Waals surface area contributed by atoms with Crippen molar-refractivity contribution in [2.24, 2.45) is 0 Å². The van der Waals surface area contributed by atoms with E-state index in [1.165, 1.54) is 84.0 Å². The molecule has 4 nitrogen and oxygen atoms in total. The molecule has 0 bridgehead atoms. The summed E-state index contributed by atoms with van der Waals surface area (Å²) < 4.78 is 4.88. The molecule has 0 saturated heterocycles. The van der Waals surface area contributed by atoms with Crippen LogP contribution in [0.4, 0.5) is 0 Å². The van der Waals surface area contributed by atoms with E-state index in [2.05, 4.69) is 55.5 Å². The highest BCUT2D eigenvalue weighted by molar-refractivity contribution is 5.66. The van der Waals surface area contributed by atoms with Gasteiger partial charge in [0.05, 0.1) is 6.61 Å². The second kappa shape index (κ2) is 32.9. The van der Waals surface area contributed by atoms with Crippen LogP contribution < -0.4 is 0 Å². The van der Waals surface area contributed by atoms with Crippen LogP contribution in [0.5, 0.6) is 0 Å². The average molecular weight is 505 g/mol. The Morgan fingerprint density at radius 2 is 1.00 bits per heavy atom. The number of carboxylic acid groups (broad SMARTS) is 1. The van der Waals surface area contributed by atoms with Crippen LogP contribution >= 0.6 is 0 Å². The molecule has 0 unspecified atom stereocenters. The van der Waals surface area contributed by atoms with Gasteiger partial charge in [-0.25, -0.2) is 0 Å². The zero-order valence-corrected chi connectivity index (χ0v) is 23.7. The van der Waals surface area contributed by atoms with Crippen LogP contribution in [0.25, 0.3) is 0 Å². The molecule has 4 heteroatoms. The van der Waals surface area contributed by atoms with Gasteiger partial charge >= 0.3 is 11.9 Å². The molecule has 0 aromatic rings. The molecule has 0 rings (SSSR count). The van der Waals surface area contributed by atoms with Crippen molar-refractivity contribution in [2.45, 2.75) is 136 Å². The number of carboxylic acids is 1. The second-order valence-corrected chi connectivity index (χ2v) is 9.21. The summed E-state index contributed by atoms with van der Waals surface area (Å²) in [6, 6.07) is 0. The number of rotatable bonds is 23. The number of carbonyl (C=O) groups is 2. The first-order chi connectivity index (χ1) is 17.5. The Labute approximate surface area is 223 Å². The second-order valence-electron chi connectivity index (χ2n) is 9.21. The maximum Gasteiger partial charge on any atom is 0.303 e. The fraction of sp³-hybridized carbons (Fsp3) is 0.688. The van der Waals surface area contributed by atoms with Crippen LogP contribution in [0.15, 0.2) is 48.6 Å². The molecule has 0 heterocycles. The third-order valence-electron chi connectivity index (χ3n) is 5.68. The Bertz CT molecular complexity index is 535. The Hall–Kier alpha value is -2.10. The molecule has 208 valence electrons. The lowest BCUT2D eigenvalue weighted by Gasteiger charge is -2.01. The average Bonchev–Trinajstić information content (AvgIpc) is 2.85. The number of hydrogen-bond acceptors (Lipinski definition) is 3. The Morgan fingerprint density at radius 3 is 1.42 bits per heavy atom. The van der Waals surface area contributed by atoms with Crippen molar-refractivity contribution in [3.8, 4) is 0 Å². The molecule has 0 aromatic carbocycles. The van der Waals surface area contributed by atoms with Crippen LogP contribution in [0.1, 0.15) is 136 Å². The van der Waals surface area contributed by atoms with Crippen molar-refractivity contribution in [1.29, 1.82) is 0 Å². The van der Waals surface area contributed by atoms with Gasteiger partial charge in [0.2, 0.25) is 0 Å². The molecule has 0 amide bonds. The number of allylic oxidation sites excluding steroid dienone is 8. The van der Waals surface area contributed by atoms with E-state index in [0.29, 0.717) is 13.0 Å². The van der Waals surface area contributed by atoms with Gasteiger partial charge < -0.3 is 9.84 Å². The molecule has 0 atom stereocenters. The maximum atomic E-state index is 10.5. The van der Waals surface area contributed by atoms with Crippen LogP contribution in [0, 0.1) is 0 Å². The van der Waals surface area contributed by atoms with Gasteiger partial charge in [-0.2, -0.15) is 0 Å². The minimum Gasteiger partial charge on any atom is -0.481 e. The summed E-state index contributed by atoms with van der Waals surface area (Å²) in [5, 5.41) is 8.48.